The van der Waals surface area contributed by atoms with Crippen molar-refractivity contribution >= 4 is 11.4 Å². The van der Waals surface area contributed by atoms with Gasteiger partial charge in [0, 0.05) is 0 Å². The summed E-state index contributed by atoms with van der Waals surface area (Å²) in [7, 11) is 0. The molecule has 28 heavy (non-hydrogen) atoms. The Morgan fingerprint density at radius 3 is 1.89 bits per heavy atom. The van der Waals surface area contributed by atoms with Crippen LogP contribution in [-0.4, -0.2) is 19.8 Å². The molecule has 2 aromatic carbocycles. The van der Waals surface area contributed by atoms with Crippen molar-refractivity contribution in [3.8, 4) is 11.5 Å². The van der Waals surface area contributed by atoms with E-state index in [0.717, 1.165) is 42.3 Å². The summed E-state index contributed by atoms with van der Waals surface area (Å²) in [6.07, 6.45) is 5.74. The van der Waals surface area contributed by atoms with Gasteiger partial charge in [0.2, 0.25) is 0 Å². The minimum atomic E-state index is 0.626. The minimum Gasteiger partial charge on any atom is -0.494 e. The molecular formula is C23H33N3O2. The van der Waals surface area contributed by atoms with Crippen LogP contribution < -0.4 is 15.2 Å². The van der Waals surface area contributed by atoms with Crippen molar-refractivity contribution in [1.29, 1.82) is 0 Å². The fraction of sp³-hybridized carbons (Fsp3) is 0.478. The van der Waals surface area contributed by atoms with Crippen LogP contribution in [0.25, 0.3) is 0 Å². The maximum absolute atomic E-state index is 5.93. The smallest absolute Gasteiger partial charge is 0.119 e. The quantitative estimate of drug-likeness (QED) is 0.320. The lowest BCUT2D eigenvalue weighted by atomic mass is 10.0. The van der Waals surface area contributed by atoms with Gasteiger partial charge in [-0.3, -0.25) is 0 Å². The summed E-state index contributed by atoms with van der Waals surface area (Å²) in [5.41, 5.74) is 7.04. The molecule has 0 bridgehead atoms. The number of azo groups is 1. The molecule has 0 spiro atoms. The Kier molecular flexibility index (Phi) is 10.1. The first-order valence-electron chi connectivity index (χ1n) is 10.3. The molecule has 0 aromatic heterocycles. The van der Waals surface area contributed by atoms with E-state index in [4.69, 9.17) is 15.2 Å². The predicted octanol–water partition coefficient (Wildman–Crippen LogP) is 6.42. The lowest BCUT2D eigenvalue weighted by Crippen LogP contribution is -2.11. The van der Waals surface area contributed by atoms with Gasteiger partial charge in [-0.15, -0.1) is 0 Å². The van der Waals surface area contributed by atoms with Crippen LogP contribution in [-0.2, 0) is 0 Å². The van der Waals surface area contributed by atoms with E-state index in [1.54, 1.807) is 0 Å². The van der Waals surface area contributed by atoms with Gasteiger partial charge in [-0.05, 0) is 73.8 Å². The van der Waals surface area contributed by atoms with E-state index in [9.17, 15) is 0 Å². The van der Waals surface area contributed by atoms with Gasteiger partial charge in [-0.2, -0.15) is 10.2 Å². The first-order chi connectivity index (χ1) is 13.7. The maximum atomic E-state index is 5.93. The Labute approximate surface area is 169 Å². The summed E-state index contributed by atoms with van der Waals surface area (Å²) >= 11 is 0. The van der Waals surface area contributed by atoms with Crippen LogP contribution in [0, 0.1) is 5.92 Å². The molecule has 0 saturated heterocycles. The average molecular weight is 384 g/mol. The highest BCUT2D eigenvalue weighted by Gasteiger charge is 2.06. The monoisotopic (exact) mass is 383 g/mol. The average Bonchev–Trinajstić information content (AvgIpc) is 2.74. The number of rotatable bonds is 13. The zero-order chi connectivity index (χ0) is 20.0. The molecule has 5 heteroatoms. The summed E-state index contributed by atoms with van der Waals surface area (Å²) in [5, 5.41) is 8.56. The zero-order valence-corrected chi connectivity index (χ0v) is 17.1. The van der Waals surface area contributed by atoms with E-state index in [1.807, 2.05) is 48.5 Å². The first kappa shape index (κ1) is 21.9. The lowest BCUT2D eigenvalue weighted by Gasteiger charge is -2.15. The minimum absolute atomic E-state index is 0.626. The molecule has 2 rings (SSSR count). The van der Waals surface area contributed by atoms with Crippen LogP contribution in [0.2, 0.25) is 0 Å². The molecular weight excluding hydrogens is 350 g/mol. The Hall–Kier alpha value is -2.40. The number of ether oxygens (including phenoxy) is 2. The van der Waals surface area contributed by atoms with E-state index < -0.39 is 0 Å². The van der Waals surface area contributed by atoms with Crippen LogP contribution in [0.5, 0.6) is 11.5 Å². The van der Waals surface area contributed by atoms with Crippen molar-refractivity contribution in [3.63, 3.8) is 0 Å². The number of hydrogen-bond acceptors (Lipinski definition) is 5. The Morgan fingerprint density at radius 1 is 0.821 bits per heavy atom. The van der Waals surface area contributed by atoms with Crippen molar-refractivity contribution in [3.05, 3.63) is 48.5 Å². The number of unbranched alkanes of at least 4 members (excludes halogenated alkanes) is 1. The maximum Gasteiger partial charge on any atom is 0.119 e. The number of nitrogens with two attached hydrogens (primary N) is 1. The zero-order valence-electron chi connectivity index (χ0n) is 17.1. The fourth-order valence-corrected chi connectivity index (χ4v) is 2.72. The molecule has 0 fully saturated rings. The van der Waals surface area contributed by atoms with E-state index >= 15 is 0 Å². The van der Waals surface area contributed by atoms with Crippen LogP contribution >= 0.6 is 0 Å². The molecule has 0 aliphatic carbocycles. The van der Waals surface area contributed by atoms with E-state index in [-0.39, 0.29) is 0 Å². The fourth-order valence-electron chi connectivity index (χ4n) is 2.72. The Morgan fingerprint density at radius 2 is 1.39 bits per heavy atom. The third-order valence-electron chi connectivity index (χ3n) is 4.60. The largest absolute Gasteiger partial charge is 0.494 e. The molecule has 0 amide bonds. The van der Waals surface area contributed by atoms with Gasteiger partial charge in [-0.1, -0.05) is 33.1 Å². The van der Waals surface area contributed by atoms with Crippen LogP contribution in [0.1, 0.15) is 46.0 Å². The Balaban J connectivity index is 1.82. The number of benzene rings is 2. The molecule has 1 atom stereocenters. The molecule has 2 N–H and O–H groups in total. The number of nitrogens with zero attached hydrogens (tertiary/aromatic N) is 2. The highest BCUT2D eigenvalue weighted by Crippen LogP contribution is 2.24. The molecule has 152 valence electrons. The normalized spacial score (nSPS) is 12.2. The standard InChI is InChI=1S/C23H33N3O2/c1-3-5-7-19(4-2)18-28-23-14-10-21(11-15-23)26-25-20-8-12-22(13-9-20)27-17-6-16-24/h8-15,19H,3-7,16-18,24H2,1-2H3. The first-order valence-corrected chi connectivity index (χ1v) is 10.3. The summed E-state index contributed by atoms with van der Waals surface area (Å²) in [6.45, 7) is 6.49. The second-order valence-corrected chi connectivity index (χ2v) is 6.91. The van der Waals surface area contributed by atoms with Crippen molar-refractivity contribution in [2.24, 2.45) is 21.9 Å². The Bertz CT molecular complexity index is 684. The van der Waals surface area contributed by atoms with Gasteiger partial charge in [0.1, 0.15) is 11.5 Å². The topological polar surface area (TPSA) is 69.2 Å². The highest BCUT2D eigenvalue weighted by molar-refractivity contribution is 5.44. The summed E-state index contributed by atoms with van der Waals surface area (Å²) in [4.78, 5) is 0. The van der Waals surface area contributed by atoms with Crippen molar-refractivity contribution in [1.82, 2.24) is 0 Å². The van der Waals surface area contributed by atoms with Gasteiger partial charge in [0.05, 0.1) is 24.6 Å². The molecule has 0 heterocycles. The van der Waals surface area contributed by atoms with Crippen LogP contribution in [0.3, 0.4) is 0 Å². The van der Waals surface area contributed by atoms with E-state index in [0.29, 0.717) is 19.1 Å². The van der Waals surface area contributed by atoms with Gasteiger partial charge in [0.15, 0.2) is 0 Å². The van der Waals surface area contributed by atoms with E-state index in [1.165, 1.54) is 19.3 Å². The molecule has 0 aliphatic heterocycles. The van der Waals surface area contributed by atoms with Crippen LogP contribution in [0.4, 0.5) is 11.4 Å². The SMILES string of the molecule is CCCCC(CC)COc1ccc(N=Nc2ccc(OCCCN)cc2)cc1. The molecule has 1 unspecified atom stereocenters. The van der Waals surface area contributed by atoms with Crippen molar-refractivity contribution in [2.75, 3.05) is 19.8 Å². The van der Waals surface area contributed by atoms with Gasteiger partial charge in [0.25, 0.3) is 0 Å². The van der Waals surface area contributed by atoms with Crippen LogP contribution in [0.15, 0.2) is 58.8 Å². The third kappa shape index (κ3) is 8.09. The summed E-state index contributed by atoms with van der Waals surface area (Å²) in [5.74, 6) is 2.33. The predicted molar refractivity (Wildman–Crippen MR) is 115 cm³/mol. The molecule has 0 radical (unpaired) electrons. The summed E-state index contributed by atoms with van der Waals surface area (Å²) in [6, 6.07) is 15.3. The third-order valence-corrected chi connectivity index (χ3v) is 4.60. The lowest BCUT2D eigenvalue weighted by molar-refractivity contribution is 0.233. The molecule has 0 aliphatic rings. The van der Waals surface area contributed by atoms with Crippen molar-refractivity contribution in [2.45, 2.75) is 46.0 Å². The van der Waals surface area contributed by atoms with Crippen molar-refractivity contribution < 1.29 is 9.47 Å². The molecule has 0 saturated carbocycles. The van der Waals surface area contributed by atoms with Gasteiger partial charge >= 0.3 is 0 Å². The van der Waals surface area contributed by atoms with Gasteiger partial charge in [-0.25, -0.2) is 0 Å². The second-order valence-electron chi connectivity index (χ2n) is 6.91. The molecule has 5 nitrogen and oxygen atoms in total. The second kappa shape index (κ2) is 12.9. The number of hydrogen-bond donors (Lipinski definition) is 1. The molecule has 2 aromatic rings. The highest BCUT2D eigenvalue weighted by atomic mass is 16.5. The summed E-state index contributed by atoms with van der Waals surface area (Å²) < 4.78 is 11.5. The van der Waals surface area contributed by atoms with E-state index in [2.05, 4.69) is 24.1 Å². The van der Waals surface area contributed by atoms with Gasteiger partial charge < -0.3 is 15.2 Å².